The fraction of sp³-hybridized carbons (Fsp3) is 0.417. The lowest BCUT2D eigenvalue weighted by atomic mass is 10.1. The summed E-state index contributed by atoms with van der Waals surface area (Å²) < 4.78 is 28.4. The Hall–Kier alpha value is -0.820. The van der Waals surface area contributed by atoms with Crippen molar-refractivity contribution in [3.8, 4) is 0 Å². The van der Waals surface area contributed by atoms with Crippen LogP contribution in [0.15, 0.2) is 23.1 Å². The molecule has 0 radical (unpaired) electrons. The monoisotopic (exact) mass is 337 g/mol. The van der Waals surface area contributed by atoms with Gasteiger partial charge in [0.2, 0.25) is 0 Å². The molecule has 0 bridgehead atoms. The third kappa shape index (κ3) is 3.09. The van der Waals surface area contributed by atoms with Gasteiger partial charge in [-0.2, -0.15) is 0 Å². The van der Waals surface area contributed by atoms with Crippen molar-refractivity contribution in [2.75, 3.05) is 20.3 Å². The predicted octanol–water partition coefficient (Wildman–Crippen LogP) is 2.13. The van der Waals surface area contributed by atoms with Crippen molar-refractivity contribution < 1.29 is 17.9 Å². The summed E-state index contributed by atoms with van der Waals surface area (Å²) in [4.78, 5) is 13.7. The van der Waals surface area contributed by atoms with Gasteiger partial charge in [0.25, 0.3) is 15.0 Å². The van der Waals surface area contributed by atoms with Gasteiger partial charge in [-0.05, 0) is 18.6 Å². The zero-order valence-corrected chi connectivity index (χ0v) is 13.0. The van der Waals surface area contributed by atoms with E-state index in [9.17, 15) is 13.2 Å². The van der Waals surface area contributed by atoms with Gasteiger partial charge in [-0.3, -0.25) is 4.79 Å². The zero-order chi connectivity index (χ0) is 14.9. The van der Waals surface area contributed by atoms with Crippen molar-refractivity contribution in [3.05, 3.63) is 28.8 Å². The molecule has 1 heterocycles. The number of rotatable bonds is 3. The first-order valence-corrected chi connectivity index (χ1v) is 8.59. The Morgan fingerprint density at radius 3 is 2.70 bits per heavy atom. The van der Waals surface area contributed by atoms with Crippen molar-refractivity contribution in [1.82, 2.24) is 4.90 Å². The molecule has 0 aliphatic carbocycles. The van der Waals surface area contributed by atoms with Crippen LogP contribution in [-0.4, -0.2) is 45.5 Å². The molecule has 0 saturated carbocycles. The Labute approximate surface area is 126 Å². The number of nitrogens with zero attached hydrogens (tertiary/aromatic N) is 1. The predicted molar refractivity (Wildman–Crippen MR) is 75.8 cm³/mol. The number of hydrogen-bond donors (Lipinski definition) is 0. The third-order valence-electron chi connectivity index (χ3n) is 3.23. The highest BCUT2D eigenvalue weighted by molar-refractivity contribution is 8.13. The van der Waals surface area contributed by atoms with E-state index in [1.54, 1.807) is 7.05 Å². The number of likely N-dealkylation sites (N-methyl/N-ethyl adjacent to an activating group) is 1. The van der Waals surface area contributed by atoms with Crippen LogP contribution in [0.4, 0.5) is 0 Å². The number of amides is 1. The molecule has 0 aromatic heterocycles. The minimum absolute atomic E-state index is 0.0579. The summed E-state index contributed by atoms with van der Waals surface area (Å²) in [7, 11) is 2.91. The average molecular weight is 338 g/mol. The maximum absolute atomic E-state index is 12.5. The molecule has 1 atom stereocenters. The fourth-order valence-corrected chi connectivity index (χ4v) is 3.46. The van der Waals surface area contributed by atoms with Crippen molar-refractivity contribution >= 4 is 37.2 Å². The summed E-state index contributed by atoms with van der Waals surface area (Å²) in [5.41, 5.74) is -0.0985. The highest BCUT2D eigenvalue weighted by Gasteiger charge is 2.30. The Balaban J connectivity index is 2.43. The van der Waals surface area contributed by atoms with E-state index in [0.717, 1.165) is 0 Å². The first-order valence-electron chi connectivity index (χ1n) is 5.90. The molecule has 1 saturated heterocycles. The molecule has 0 N–H and O–H groups in total. The molecule has 1 aliphatic heterocycles. The van der Waals surface area contributed by atoms with E-state index in [0.29, 0.717) is 19.6 Å². The number of carbonyl (C=O) groups excluding carboxylic acids is 1. The van der Waals surface area contributed by atoms with Crippen LogP contribution in [0.5, 0.6) is 0 Å². The molecule has 0 spiro atoms. The molecule has 1 fully saturated rings. The Morgan fingerprint density at radius 1 is 1.45 bits per heavy atom. The lowest BCUT2D eigenvalue weighted by molar-refractivity contribution is 0.0707. The topological polar surface area (TPSA) is 63.7 Å². The fourth-order valence-electron chi connectivity index (χ4n) is 2.08. The van der Waals surface area contributed by atoms with Crippen LogP contribution in [0.25, 0.3) is 0 Å². The summed E-state index contributed by atoms with van der Waals surface area (Å²) in [6.07, 6.45) is 0.704. The molecule has 1 aromatic carbocycles. The van der Waals surface area contributed by atoms with E-state index < -0.39 is 15.0 Å². The molecular weight excluding hydrogens is 325 g/mol. The molecule has 1 amide bonds. The molecule has 5 nitrogen and oxygen atoms in total. The SMILES string of the molecule is CN(C(=O)c1c(Cl)cccc1S(=O)(=O)Cl)C1CCOC1. The molecular formula is C12H13Cl2NO4S. The number of carbonyl (C=O) groups is 1. The lowest BCUT2D eigenvalue weighted by Crippen LogP contribution is -2.38. The Bertz CT molecular complexity index is 626. The quantitative estimate of drug-likeness (QED) is 0.792. The van der Waals surface area contributed by atoms with E-state index in [2.05, 4.69) is 0 Å². The van der Waals surface area contributed by atoms with E-state index in [1.165, 1.54) is 23.1 Å². The first kappa shape index (κ1) is 15.6. The van der Waals surface area contributed by atoms with Gasteiger partial charge in [0.05, 0.1) is 28.1 Å². The smallest absolute Gasteiger partial charge is 0.262 e. The van der Waals surface area contributed by atoms with Crippen molar-refractivity contribution in [3.63, 3.8) is 0 Å². The normalized spacial score (nSPS) is 19.1. The Kier molecular flexibility index (Phi) is 4.59. The van der Waals surface area contributed by atoms with Crippen LogP contribution in [0, 0.1) is 0 Å². The molecule has 1 aliphatic rings. The summed E-state index contributed by atoms with van der Waals surface area (Å²) in [6.45, 7) is 1.00. The molecule has 8 heteroatoms. The number of hydrogen-bond acceptors (Lipinski definition) is 4. The minimum atomic E-state index is -4.05. The maximum atomic E-state index is 12.5. The molecule has 110 valence electrons. The average Bonchev–Trinajstić information content (AvgIpc) is 2.89. The van der Waals surface area contributed by atoms with E-state index >= 15 is 0 Å². The van der Waals surface area contributed by atoms with Crippen LogP contribution in [0.1, 0.15) is 16.8 Å². The van der Waals surface area contributed by atoms with Gasteiger partial charge in [0.1, 0.15) is 0 Å². The third-order valence-corrected chi connectivity index (χ3v) is 4.90. The molecule has 2 rings (SSSR count). The number of ether oxygens (including phenoxy) is 1. The van der Waals surface area contributed by atoms with Gasteiger partial charge >= 0.3 is 0 Å². The lowest BCUT2D eigenvalue weighted by Gasteiger charge is -2.24. The molecule has 20 heavy (non-hydrogen) atoms. The summed E-state index contributed by atoms with van der Waals surface area (Å²) in [5.74, 6) is -0.481. The van der Waals surface area contributed by atoms with Gasteiger partial charge < -0.3 is 9.64 Å². The summed E-state index contributed by atoms with van der Waals surface area (Å²) >= 11 is 5.98. The second-order valence-electron chi connectivity index (χ2n) is 4.48. The highest BCUT2D eigenvalue weighted by atomic mass is 35.7. The second kappa shape index (κ2) is 5.89. The second-order valence-corrected chi connectivity index (χ2v) is 7.43. The van der Waals surface area contributed by atoms with Gasteiger partial charge in [-0.15, -0.1) is 0 Å². The summed E-state index contributed by atoms with van der Waals surface area (Å²) in [6, 6.07) is 4.07. The van der Waals surface area contributed by atoms with Gasteiger partial charge in [0, 0.05) is 24.3 Å². The van der Waals surface area contributed by atoms with Crippen LogP contribution in [-0.2, 0) is 13.8 Å². The van der Waals surface area contributed by atoms with Gasteiger partial charge in [-0.1, -0.05) is 17.7 Å². The zero-order valence-electron chi connectivity index (χ0n) is 10.7. The van der Waals surface area contributed by atoms with E-state index in [4.69, 9.17) is 27.0 Å². The van der Waals surface area contributed by atoms with Crippen LogP contribution in [0.2, 0.25) is 5.02 Å². The number of halogens is 2. The maximum Gasteiger partial charge on any atom is 0.262 e. The summed E-state index contributed by atoms with van der Waals surface area (Å²) in [5, 5.41) is 0.0579. The Morgan fingerprint density at radius 2 is 2.15 bits per heavy atom. The van der Waals surface area contributed by atoms with Crippen LogP contribution >= 0.6 is 22.3 Å². The van der Waals surface area contributed by atoms with E-state index in [1.807, 2.05) is 0 Å². The number of benzene rings is 1. The van der Waals surface area contributed by atoms with Gasteiger partial charge in [0.15, 0.2) is 0 Å². The largest absolute Gasteiger partial charge is 0.379 e. The minimum Gasteiger partial charge on any atom is -0.379 e. The van der Waals surface area contributed by atoms with E-state index in [-0.39, 0.29) is 21.5 Å². The van der Waals surface area contributed by atoms with Crippen LogP contribution < -0.4 is 0 Å². The highest BCUT2D eigenvalue weighted by Crippen LogP contribution is 2.28. The van der Waals surface area contributed by atoms with Crippen molar-refractivity contribution in [1.29, 1.82) is 0 Å². The first-order chi connectivity index (χ1) is 9.32. The van der Waals surface area contributed by atoms with Crippen molar-refractivity contribution in [2.24, 2.45) is 0 Å². The molecule has 1 unspecified atom stereocenters. The molecule has 1 aromatic rings. The van der Waals surface area contributed by atoms with Gasteiger partial charge in [-0.25, -0.2) is 8.42 Å². The standard InChI is InChI=1S/C12H13Cl2NO4S/c1-15(8-5-6-19-7-8)12(16)11-9(13)3-2-4-10(11)20(14,17)18/h2-4,8H,5-7H2,1H3. The van der Waals surface area contributed by atoms with Crippen molar-refractivity contribution in [2.45, 2.75) is 17.4 Å². The van der Waals surface area contributed by atoms with Crippen LogP contribution in [0.3, 0.4) is 0 Å².